The lowest BCUT2D eigenvalue weighted by molar-refractivity contribution is -0.129. The van der Waals surface area contributed by atoms with Crippen molar-refractivity contribution in [2.45, 2.75) is 70.5 Å². The van der Waals surface area contributed by atoms with Gasteiger partial charge in [0, 0.05) is 30.6 Å². The Morgan fingerprint density at radius 3 is 2.79 bits per heavy atom. The summed E-state index contributed by atoms with van der Waals surface area (Å²) in [7, 11) is 0. The first-order valence-electron chi connectivity index (χ1n) is 12.2. The third-order valence-corrected chi connectivity index (χ3v) is 6.75. The minimum atomic E-state index is -0.690. The Hall–Kier alpha value is -2.81. The molecule has 2 fully saturated rings. The molecule has 0 radical (unpaired) electrons. The molecule has 2 atom stereocenters. The van der Waals surface area contributed by atoms with E-state index >= 15 is 0 Å². The van der Waals surface area contributed by atoms with Gasteiger partial charge in [-0.15, -0.1) is 0 Å². The molecule has 7 nitrogen and oxygen atoms in total. The first-order chi connectivity index (χ1) is 16.4. The largest absolute Gasteiger partial charge is 0.347 e. The van der Waals surface area contributed by atoms with Crippen LogP contribution in [0.3, 0.4) is 0 Å². The molecule has 0 spiro atoms. The Morgan fingerprint density at radius 1 is 1.24 bits per heavy atom. The summed E-state index contributed by atoms with van der Waals surface area (Å²) < 4.78 is 27.2. The number of likely N-dealkylation sites (tertiary alicyclic amines) is 1. The van der Waals surface area contributed by atoms with Crippen molar-refractivity contribution in [1.29, 1.82) is 0 Å². The number of hydrogen-bond donors (Lipinski definition) is 3. The molecule has 1 aliphatic carbocycles. The molecular formula is C25H33F2N5O2. The average Bonchev–Trinajstić information content (AvgIpc) is 3.49. The Balaban J connectivity index is 1.35. The smallest absolute Gasteiger partial charge is 0.243 e. The van der Waals surface area contributed by atoms with Gasteiger partial charge in [0.2, 0.25) is 11.8 Å². The summed E-state index contributed by atoms with van der Waals surface area (Å²) in [5, 5.41) is 5.77. The molecule has 184 valence electrons. The van der Waals surface area contributed by atoms with Gasteiger partial charge in [-0.2, -0.15) is 0 Å². The lowest BCUT2D eigenvalue weighted by atomic mass is 10.0. The van der Waals surface area contributed by atoms with Gasteiger partial charge in [-0.1, -0.05) is 6.42 Å². The predicted octanol–water partition coefficient (Wildman–Crippen LogP) is 3.52. The molecule has 34 heavy (non-hydrogen) atoms. The standard InChI is InChI=1S/C25H33F2N5O2/c1-16-4-2-3-10-32(16)11-9-21(31-24(33)12-17-5-6-17)25(34)29-15-23-28-14-22(30-23)19-8-7-18(26)13-20(19)27/h7-8,13-14,16-17,21H,2-6,9-12,15H2,1H3,(H,28,30)(H,29,34)(H,31,33)/t16-,21?/m0/s1. The molecule has 4 rings (SSSR count). The second-order valence-corrected chi connectivity index (χ2v) is 9.52. The number of nitrogens with zero attached hydrogens (tertiary/aromatic N) is 2. The highest BCUT2D eigenvalue weighted by Gasteiger charge is 2.28. The van der Waals surface area contributed by atoms with Crippen LogP contribution in [0, 0.1) is 17.6 Å². The maximum atomic E-state index is 14.0. The normalized spacial score (nSPS) is 19.6. The number of rotatable bonds is 10. The second kappa shape index (κ2) is 11.1. The fourth-order valence-corrected chi connectivity index (χ4v) is 4.48. The van der Waals surface area contributed by atoms with Gasteiger partial charge in [-0.3, -0.25) is 9.59 Å². The van der Waals surface area contributed by atoms with Gasteiger partial charge in [0.25, 0.3) is 0 Å². The van der Waals surface area contributed by atoms with E-state index in [1.165, 1.54) is 24.8 Å². The van der Waals surface area contributed by atoms with E-state index < -0.39 is 17.7 Å². The van der Waals surface area contributed by atoms with Crippen molar-refractivity contribution in [2.24, 2.45) is 5.92 Å². The van der Waals surface area contributed by atoms with Gasteiger partial charge in [0.1, 0.15) is 23.5 Å². The lowest BCUT2D eigenvalue weighted by Gasteiger charge is -2.34. The molecule has 1 saturated carbocycles. The van der Waals surface area contributed by atoms with Gasteiger partial charge >= 0.3 is 0 Å². The van der Waals surface area contributed by atoms with Gasteiger partial charge < -0.3 is 20.5 Å². The zero-order valence-electron chi connectivity index (χ0n) is 19.6. The molecular weight excluding hydrogens is 440 g/mol. The van der Waals surface area contributed by atoms with E-state index in [0.717, 1.165) is 44.8 Å². The van der Waals surface area contributed by atoms with Crippen LogP contribution < -0.4 is 10.6 Å². The molecule has 9 heteroatoms. The molecule has 1 unspecified atom stereocenters. The second-order valence-electron chi connectivity index (χ2n) is 9.52. The number of hydrogen-bond acceptors (Lipinski definition) is 4. The first kappa shape index (κ1) is 24.3. The Morgan fingerprint density at radius 2 is 2.06 bits per heavy atom. The fraction of sp³-hybridized carbons (Fsp3) is 0.560. The number of carbonyl (C=O) groups excluding carboxylic acids is 2. The topological polar surface area (TPSA) is 90.1 Å². The third-order valence-electron chi connectivity index (χ3n) is 6.75. The van der Waals surface area contributed by atoms with Crippen molar-refractivity contribution < 1.29 is 18.4 Å². The van der Waals surface area contributed by atoms with Crippen LogP contribution in [-0.4, -0.2) is 51.9 Å². The number of piperidine rings is 1. The molecule has 2 heterocycles. The number of halogens is 2. The number of imidazole rings is 1. The van der Waals surface area contributed by atoms with Crippen LogP contribution in [0.1, 0.15) is 57.7 Å². The van der Waals surface area contributed by atoms with Crippen LogP contribution in [-0.2, 0) is 16.1 Å². The molecule has 1 aliphatic heterocycles. The number of aromatic amines is 1. The highest BCUT2D eigenvalue weighted by Crippen LogP contribution is 2.32. The van der Waals surface area contributed by atoms with Crippen LogP contribution in [0.15, 0.2) is 24.4 Å². The maximum absolute atomic E-state index is 14.0. The summed E-state index contributed by atoms with van der Waals surface area (Å²) in [5.74, 6) is -0.799. The Kier molecular flexibility index (Phi) is 7.92. The highest BCUT2D eigenvalue weighted by atomic mass is 19.1. The summed E-state index contributed by atoms with van der Waals surface area (Å²) in [6, 6.07) is 3.19. The van der Waals surface area contributed by atoms with Gasteiger partial charge in [-0.25, -0.2) is 13.8 Å². The highest BCUT2D eigenvalue weighted by molar-refractivity contribution is 5.87. The van der Waals surface area contributed by atoms with E-state index in [1.54, 1.807) is 0 Å². The molecule has 3 N–H and O–H groups in total. The SMILES string of the molecule is C[C@H]1CCCCN1CCC(NC(=O)CC1CC1)C(=O)NCc1ncc(-c2ccc(F)cc2F)[nH]1. The summed E-state index contributed by atoms with van der Waals surface area (Å²) in [6.07, 6.45) is 8.14. The molecule has 2 aromatic rings. The van der Waals surface area contributed by atoms with Crippen molar-refractivity contribution in [1.82, 2.24) is 25.5 Å². The number of H-pyrrole nitrogens is 1. The summed E-state index contributed by atoms with van der Waals surface area (Å²) in [6.45, 7) is 4.08. The van der Waals surface area contributed by atoms with Gasteiger partial charge in [0.05, 0.1) is 18.4 Å². The molecule has 1 aromatic carbocycles. The van der Waals surface area contributed by atoms with Crippen molar-refractivity contribution in [3.05, 3.63) is 41.9 Å². The number of amides is 2. The quantitative estimate of drug-likeness (QED) is 0.493. The minimum absolute atomic E-state index is 0.0820. The molecule has 0 bridgehead atoms. The van der Waals surface area contributed by atoms with Crippen molar-refractivity contribution in [3.8, 4) is 11.3 Å². The van der Waals surface area contributed by atoms with Crippen molar-refractivity contribution in [2.75, 3.05) is 13.1 Å². The number of benzene rings is 1. The number of nitrogens with one attached hydrogen (secondary N) is 3. The lowest BCUT2D eigenvalue weighted by Crippen LogP contribution is -2.49. The first-order valence-corrected chi connectivity index (χ1v) is 12.2. The van der Waals surface area contributed by atoms with E-state index in [-0.39, 0.29) is 23.9 Å². The molecule has 1 saturated heterocycles. The maximum Gasteiger partial charge on any atom is 0.243 e. The van der Waals surface area contributed by atoms with E-state index in [1.807, 2.05) is 0 Å². The average molecular weight is 474 g/mol. The molecule has 1 aromatic heterocycles. The molecule has 2 amide bonds. The zero-order valence-corrected chi connectivity index (χ0v) is 19.6. The van der Waals surface area contributed by atoms with Crippen molar-refractivity contribution >= 4 is 11.8 Å². The van der Waals surface area contributed by atoms with Crippen LogP contribution in [0.4, 0.5) is 8.78 Å². The van der Waals surface area contributed by atoms with E-state index in [0.29, 0.717) is 36.3 Å². The van der Waals surface area contributed by atoms with Gasteiger partial charge in [0.15, 0.2) is 0 Å². The zero-order chi connectivity index (χ0) is 24.1. The fourth-order valence-electron chi connectivity index (χ4n) is 4.48. The number of carbonyl (C=O) groups is 2. The summed E-state index contributed by atoms with van der Waals surface area (Å²) in [4.78, 5) is 35.0. The van der Waals surface area contributed by atoms with Crippen LogP contribution in [0.2, 0.25) is 0 Å². The monoisotopic (exact) mass is 473 g/mol. The van der Waals surface area contributed by atoms with Crippen LogP contribution >= 0.6 is 0 Å². The van der Waals surface area contributed by atoms with E-state index in [2.05, 4.69) is 32.4 Å². The Labute approximate surface area is 198 Å². The van der Waals surface area contributed by atoms with E-state index in [4.69, 9.17) is 0 Å². The van der Waals surface area contributed by atoms with Crippen molar-refractivity contribution in [3.63, 3.8) is 0 Å². The third kappa shape index (κ3) is 6.62. The Bertz CT molecular complexity index is 1010. The summed E-state index contributed by atoms with van der Waals surface area (Å²) in [5.41, 5.74) is 0.600. The predicted molar refractivity (Wildman–Crippen MR) is 125 cm³/mol. The molecule has 2 aliphatic rings. The van der Waals surface area contributed by atoms with Crippen LogP contribution in [0.25, 0.3) is 11.3 Å². The van der Waals surface area contributed by atoms with E-state index in [9.17, 15) is 18.4 Å². The summed E-state index contributed by atoms with van der Waals surface area (Å²) >= 11 is 0. The van der Waals surface area contributed by atoms with Gasteiger partial charge in [-0.05, 0) is 63.6 Å². The number of aromatic nitrogens is 2. The minimum Gasteiger partial charge on any atom is -0.347 e. The van der Waals surface area contributed by atoms with Crippen LogP contribution in [0.5, 0.6) is 0 Å².